The number of aliphatic carboxylic acids is 1. The van der Waals surface area contributed by atoms with Gasteiger partial charge in [0.1, 0.15) is 0 Å². The van der Waals surface area contributed by atoms with E-state index in [2.05, 4.69) is 67.3 Å². The molecule has 1 N–H and O–H groups in total. The zero-order valence-electron chi connectivity index (χ0n) is 15.8. The minimum Gasteiger partial charge on any atom is -0.481 e. The van der Waals surface area contributed by atoms with Crippen molar-refractivity contribution in [3.8, 4) is 0 Å². The van der Waals surface area contributed by atoms with Gasteiger partial charge in [0, 0.05) is 24.5 Å². The second-order valence-corrected chi connectivity index (χ2v) is 7.86. The van der Waals surface area contributed by atoms with E-state index >= 15 is 0 Å². The number of aryl methyl sites for hydroxylation is 1. The van der Waals surface area contributed by atoms with Crippen molar-refractivity contribution in [3.63, 3.8) is 0 Å². The van der Waals surface area contributed by atoms with Crippen LogP contribution in [0.5, 0.6) is 0 Å². The van der Waals surface area contributed by atoms with Gasteiger partial charge in [-0.3, -0.25) is 9.69 Å². The van der Waals surface area contributed by atoms with Gasteiger partial charge >= 0.3 is 5.97 Å². The standard InChI is InChI=1S/C22H29NO2S/c1-3-4-13-26-21-10-6-9-20(15-21)17-23(12-11-22(24)25)16-19-8-5-7-18(2)14-19/h5-10,14-15H,3-4,11-13,16-17H2,1-2H3,(H,24,25). The molecule has 0 aliphatic rings. The molecule has 26 heavy (non-hydrogen) atoms. The summed E-state index contributed by atoms with van der Waals surface area (Å²) < 4.78 is 0. The Labute approximate surface area is 161 Å². The smallest absolute Gasteiger partial charge is 0.304 e. The van der Waals surface area contributed by atoms with Gasteiger partial charge in [-0.05, 0) is 42.4 Å². The lowest BCUT2D eigenvalue weighted by Crippen LogP contribution is -2.25. The molecule has 0 aromatic heterocycles. The van der Waals surface area contributed by atoms with Gasteiger partial charge < -0.3 is 5.11 Å². The maximum absolute atomic E-state index is 11.0. The number of unbranched alkanes of at least 4 members (excludes halogenated alkanes) is 1. The van der Waals surface area contributed by atoms with Crippen LogP contribution in [0, 0.1) is 6.92 Å². The van der Waals surface area contributed by atoms with E-state index in [9.17, 15) is 4.79 Å². The Balaban J connectivity index is 2.05. The Hall–Kier alpha value is -1.78. The summed E-state index contributed by atoms with van der Waals surface area (Å²) >= 11 is 1.90. The third-order valence-corrected chi connectivity index (χ3v) is 5.28. The summed E-state index contributed by atoms with van der Waals surface area (Å²) in [5, 5.41) is 9.07. The maximum Gasteiger partial charge on any atom is 0.304 e. The lowest BCUT2D eigenvalue weighted by molar-refractivity contribution is -0.137. The number of carboxylic acids is 1. The molecule has 0 spiro atoms. The van der Waals surface area contributed by atoms with Crippen LogP contribution in [0.4, 0.5) is 0 Å². The first-order chi connectivity index (χ1) is 12.6. The topological polar surface area (TPSA) is 40.5 Å². The first kappa shape index (κ1) is 20.5. The average Bonchev–Trinajstić information content (AvgIpc) is 2.60. The van der Waals surface area contributed by atoms with Gasteiger partial charge in [0.15, 0.2) is 0 Å². The third kappa shape index (κ3) is 7.63. The second kappa shape index (κ2) is 11.0. The summed E-state index contributed by atoms with van der Waals surface area (Å²) in [6, 6.07) is 17.1. The highest BCUT2D eigenvalue weighted by Crippen LogP contribution is 2.22. The SMILES string of the molecule is CCCCSc1cccc(CN(CCC(=O)O)Cc2cccc(C)c2)c1. The molecule has 0 bridgehead atoms. The normalized spacial score (nSPS) is 11.0. The van der Waals surface area contributed by atoms with Gasteiger partial charge in [-0.25, -0.2) is 0 Å². The summed E-state index contributed by atoms with van der Waals surface area (Å²) in [5.41, 5.74) is 3.70. The first-order valence-corrected chi connectivity index (χ1v) is 10.3. The molecule has 0 aliphatic carbocycles. The summed E-state index contributed by atoms with van der Waals surface area (Å²) in [5.74, 6) is 0.398. The number of hydrogen-bond donors (Lipinski definition) is 1. The molecule has 2 aromatic rings. The fraction of sp³-hybridized carbons (Fsp3) is 0.409. The molecule has 2 rings (SSSR count). The van der Waals surface area contributed by atoms with Crippen LogP contribution >= 0.6 is 11.8 Å². The third-order valence-electron chi connectivity index (χ3n) is 4.20. The largest absolute Gasteiger partial charge is 0.481 e. The lowest BCUT2D eigenvalue weighted by Gasteiger charge is -2.22. The number of rotatable bonds is 11. The molecule has 140 valence electrons. The predicted octanol–water partition coefficient (Wildman–Crippen LogP) is 5.36. The zero-order chi connectivity index (χ0) is 18.8. The average molecular weight is 372 g/mol. The monoisotopic (exact) mass is 371 g/mol. The number of benzene rings is 2. The molecule has 0 unspecified atom stereocenters. The van der Waals surface area contributed by atoms with Crippen molar-refractivity contribution >= 4 is 17.7 Å². The highest BCUT2D eigenvalue weighted by Gasteiger charge is 2.10. The molecule has 3 nitrogen and oxygen atoms in total. The number of carboxylic acid groups (broad SMARTS) is 1. The van der Waals surface area contributed by atoms with Crippen molar-refractivity contribution < 1.29 is 9.90 Å². The van der Waals surface area contributed by atoms with Crippen LogP contribution in [0.3, 0.4) is 0 Å². The predicted molar refractivity (Wildman–Crippen MR) is 110 cm³/mol. The molecule has 0 fully saturated rings. The highest BCUT2D eigenvalue weighted by atomic mass is 32.2. The van der Waals surface area contributed by atoms with Gasteiger partial charge in [-0.1, -0.05) is 55.3 Å². The maximum atomic E-state index is 11.0. The highest BCUT2D eigenvalue weighted by molar-refractivity contribution is 7.99. The van der Waals surface area contributed by atoms with Gasteiger partial charge in [0.05, 0.1) is 6.42 Å². The molecule has 0 atom stereocenters. The van der Waals surface area contributed by atoms with Crippen LogP contribution in [-0.4, -0.2) is 28.3 Å². The van der Waals surface area contributed by atoms with E-state index in [0.29, 0.717) is 6.54 Å². The Kier molecular flexibility index (Phi) is 8.72. The van der Waals surface area contributed by atoms with Gasteiger partial charge in [0.25, 0.3) is 0 Å². The molecule has 0 saturated carbocycles. The molecule has 0 heterocycles. The first-order valence-electron chi connectivity index (χ1n) is 9.28. The Morgan fingerprint density at radius 1 is 1.08 bits per heavy atom. The molecule has 0 radical (unpaired) electrons. The molecule has 2 aromatic carbocycles. The fourth-order valence-electron chi connectivity index (χ4n) is 2.86. The Morgan fingerprint density at radius 3 is 2.42 bits per heavy atom. The quantitative estimate of drug-likeness (QED) is 0.426. The van der Waals surface area contributed by atoms with Gasteiger partial charge in [-0.15, -0.1) is 11.8 Å². The van der Waals surface area contributed by atoms with Crippen LogP contribution in [0.2, 0.25) is 0 Å². The number of nitrogens with zero attached hydrogens (tertiary/aromatic N) is 1. The number of hydrogen-bond acceptors (Lipinski definition) is 3. The van der Waals surface area contributed by atoms with E-state index in [0.717, 1.165) is 18.8 Å². The van der Waals surface area contributed by atoms with Crippen LogP contribution in [0.25, 0.3) is 0 Å². The van der Waals surface area contributed by atoms with E-state index in [1.54, 1.807) is 0 Å². The fourth-order valence-corrected chi connectivity index (χ4v) is 3.94. The van der Waals surface area contributed by atoms with Crippen LogP contribution in [0.1, 0.15) is 42.9 Å². The van der Waals surface area contributed by atoms with E-state index < -0.39 is 5.97 Å². The van der Waals surface area contributed by atoms with Gasteiger partial charge in [-0.2, -0.15) is 0 Å². The minimum absolute atomic E-state index is 0.163. The van der Waals surface area contributed by atoms with Crippen LogP contribution in [-0.2, 0) is 17.9 Å². The summed E-state index contributed by atoms with van der Waals surface area (Å²) in [6.07, 6.45) is 2.61. The van der Waals surface area contributed by atoms with Crippen molar-refractivity contribution in [1.82, 2.24) is 4.90 Å². The second-order valence-electron chi connectivity index (χ2n) is 6.69. The molecule has 4 heteroatoms. The summed E-state index contributed by atoms with van der Waals surface area (Å²) in [6.45, 7) is 6.38. The van der Waals surface area contributed by atoms with Crippen molar-refractivity contribution in [2.24, 2.45) is 0 Å². The molecular formula is C22H29NO2S. The zero-order valence-corrected chi connectivity index (χ0v) is 16.6. The van der Waals surface area contributed by atoms with Crippen molar-refractivity contribution in [2.45, 2.75) is 51.1 Å². The van der Waals surface area contributed by atoms with Crippen molar-refractivity contribution in [2.75, 3.05) is 12.3 Å². The van der Waals surface area contributed by atoms with Gasteiger partial charge in [0.2, 0.25) is 0 Å². The molecule has 0 amide bonds. The number of carbonyl (C=O) groups is 1. The van der Waals surface area contributed by atoms with Crippen LogP contribution in [0.15, 0.2) is 53.4 Å². The number of thioether (sulfide) groups is 1. The van der Waals surface area contributed by atoms with Crippen molar-refractivity contribution in [3.05, 3.63) is 65.2 Å². The van der Waals surface area contributed by atoms with E-state index in [4.69, 9.17) is 5.11 Å². The molecular weight excluding hydrogens is 342 g/mol. The Bertz CT molecular complexity index is 702. The minimum atomic E-state index is -0.747. The molecule has 0 aliphatic heterocycles. The lowest BCUT2D eigenvalue weighted by atomic mass is 10.1. The summed E-state index contributed by atoms with van der Waals surface area (Å²) in [4.78, 5) is 14.6. The van der Waals surface area contributed by atoms with E-state index in [-0.39, 0.29) is 6.42 Å². The van der Waals surface area contributed by atoms with Crippen molar-refractivity contribution in [1.29, 1.82) is 0 Å². The van der Waals surface area contributed by atoms with E-state index in [1.807, 2.05) is 11.8 Å². The van der Waals surface area contributed by atoms with E-state index in [1.165, 1.54) is 34.4 Å². The Morgan fingerprint density at radius 2 is 1.77 bits per heavy atom. The van der Waals surface area contributed by atoms with Crippen LogP contribution < -0.4 is 0 Å². The summed E-state index contributed by atoms with van der Waals surface area (Å²) in [7, 11) is 0. The molecule has 0 saturated heterocycles.